The second kappa shape index (κ2) is 3.48. The van der Waals surface area contributed by atoms with Crippen molar-refractivity contribution in [2.45, 2.75) is 6.54 Å². The van der Waals surface area contributed by atoms with Gasteiger partial charge in [-0.1, -0.05) is 0 Å². The average molecular weight is 217 g/mol. The summed E-state index contributed by atoms with van der Waals surface area (Å²) in [5.41, 5.74) is 0. The summed E-state index contributed by atoms with van der Waals surface area (Å²) in [5.74, 6) is -0.840. The Labute approximate surface area is 72.4 Å². The normalized spacial score (nSPS) is 9.55. The lowest BCUT2D eigenvalue weighted by Gasteiger charge is -1.90. The standard InChI is InChI=1S/C7H6BrNO2/c8-6-2-1-3-9(4-6)5-7(10)11/h1-4H,5H2/p+1. The maximum atomic E-state index is 10.2. The Kier molecular flexibility index (Phi) is 2.59. The molecule has 58 valence electrons. The predicted octanol–water partition coefficient (Wildman–Crippen LogP) is 0.821. The predicted molar refractivity (Wildman–Crippen MR) is 42.0 cm³/mol. The van der Waals surface area contributed by atoms with Gasteiger partial charge in [0.05, 0.1) is 4.47 Å². The highest BCUT2D eigenvalue weighted by Crippen LogP contribution is 2.02. The summed E-state index contributed by atoms with van der Waals surface area (Å²) >= 11 is 3.24. The van der Waals surface area contributed by atoms with Crippen LogP contribution < -0.4 is 4.57 Å². The average Bonchev–Trinajstić information content (AvgIpc) is 1.85. The number of carboxylic acids is 1. The summed E-state index contributed by atoms with van der Waals surface area (Å²) in [5, 5.41) is 8.42. The molecule has 0 fully saturated rings. The van der Waals surface area contributed by atoms with Crippen LogP contribution in [0.1, 0.15) is 0 Å². The van der Waals surface area contributed by atoms with Gasteiger partial charge in [-0.15, -0.1) is 0 Å². The monoisotopic (exact) mass is 216 g/mol. The largest absolute Gasteiger partial charge is 0.477 e. The Morgan fingerprint density at radius 1 is 1.73 bits per heavy atom. The van der Waals surface area contributed by atoms with E-state index in [0.717, 1.165) is 4.47 Å². The number of hydrogen-bond donors (Lipinski definition) is 1. The molecule has 0 atom stereocenters. The summed E-state index contributed by atoms with van der Waals surface area (Å²) < 4.78 is 2.47. The Bertz CT molecular complexity index is 275. The van der Waals surface area contributed by atoms with E-state index in [4.69, 9.17) is 5.11 Å². The minimum absolute atomic E-state index is 0.000556. The molecule has 0 unspecified atom stereocenters. The molecular weight excluding hydrogens is 210 g/mol. The second-order valence-corrected chi connectivity index (χ2v) is 3.00. The molecule has 1 aromatic heterocycles. The number of carbonyl (C=O) groups is 1. The molecule has 0 aromatic carbocycles. The van der Waals surface area contributed by atoms with Crippen molar-refractivity contribution in [3.63, 3.8) is 0 Å². The molecule has 0 aliphatic rings. The number of halogens is 1. The first-order chi connectivity index (χ1) is 5.18. The molecule has 0 bridgehead atoms. The molecule has 1 heterocycles. The van der Waals surface area contributed by atoms with Crippen LogP contribution in [-0.4, -0.2) is 11.1 Å². The lowest BCUT2D eigenvalue weighted by Crippen LogP contribution is -2.36. The summed E-state index contributed by atoms with van der Waals surface area (Å²) in [6, 6.07) is 3.63. The molecule has 1 N–H and O–H groups in total. The fourth-order valence-electron chi connectivity index (χ4n) is 0.745. The van der Waals surface area contributed by atoms with Gasteiger partial charge in [0.25, 0.3) is 0 Å². The molecule has 1 aromatic rings. The van der Waals surface area contributed by atoms with Crippen molar-refractivity contribution in [2.75, 3.05) is 0 Å². The molecule has 4 heteroatoms. The zero-order valence-corrected chi connectivity index (χ0v) is 7.28. The molecule has 0 saturated carbocycles. The van der Waals surface area contributed by atoms with E-state index in [-0.39, 0.29) is 6.54 Å². The summed E-state index contributed by atoms with van der Waals surface area (Å²) in [6.07, 6.45) is 3.42. The van der Waals surface area contributed by atoms with Crippen molar-refractivity contribution in [3.05, 3.63) is 29.0 Å². The van der Waals surface area contributed by atoms with Crippen LogP contribution in [0.25, 0.3) is 0 Å². The number of aromatic nitrogens is 1. The number of rotatable bonds is 2. The highest BCUT2D eigenvalue weighted by atomic mass is 79.9. The van der Waals surface area contributed by atoms with Crippen molar-refractivity contribution in [1.29, 1.82) is 0 Å². The van der Waals surface area contributed by atoms with Crippen LogP contribution in [0.15, 0.2) is 29.0 Å². The quantitative estimate of drug-likeness (QED) is 0.745. The first-order valence-electron chi connectivity index (χ1n) is 3.05. The van der Waals surface area contributed by atoms with E-state index in [1.165, 1.54) is 0 Å². The Morgan fingerprint density at radius 2 is 2.45 bits per heavy atom. The third-order valence-electron chi connectivity index (χ3n) is 1.14. The number of aliphatic carboxylic acids is 1. The maximum Gasteiger partial charge on any atom is 0.370 e. The van der Waals surface area contributed by atoms with Gasteiger partial charge in [-0.2, -0.15) is 4.57 Å². The summed E-state index contributed by atoms with van der Waals surface area (Å²) in [4.78, 5) is 10.2. The van der Waals surface area contributed by atoms with Gasteiger partial charge < -0.3 is 5.11 Å². The Hall–Kier alpha value is -0.900. The maximum absolute atomic E-state index is 10.2. The van der Waals surface area contributed by atoms with Crippen molar-refractivity contribution in [3.8, 4) is 0 Å². The molecule has 0 radical (unpaired) electrons. The van der Waals surface area contributed by atoms with Gasteiger partial charge in [0.1, 0.15) is 0 Å². The molecule has 3 nitrogen and oxygen atoms in total. The van der Waals surface area contributed by atoms with Crippen LogP contribution >= 0.6 is 15.9 Å². The third kappa shape index (κ3) is 2.67. The topological polar surface area (TPSA) is 41.2 Å². The molecule has 0 aliphatic carbocycles. The van der Waals surface area contributed by atoms with Crippen LogP contribution in [0.5, 0.6) is 0 Å². The van der Waals surface area contributed by atoms with Crippen LogP contribution in [0.2, 0.25) is 0 Å². The van der Waals surface area contributed by atoms with Crippen molar-refractivity contribution in [2.24, 2.45) is 0 Å². The molecule has 1 rings (SSSR count). The SMILES string of the molecule is O=C(O)C[n+]1cccc(Br)c1. The van der Waals surface area contributed by atoms with Gasteiger partial charge in [-0.25, -0.2) is 4.79 Å². The Morgan fingerprint density at radius 3 is 3.00 bits per heavy atom. The molecule has 0 saturated heterocycles. The minimum Gasteiger partial charge on any atom is -0.477 e. The van der Waals surface area contributed by atoms with Crippen molar-refractivity contribution in [1.82, 2.24) is 0 Å². The van der Waals surface area contributed by atoms with Crippen LogP contribution in [0, 0.1) is 0 Å². The number of nitrogens with zero attached hydrogens (tertiary/aromatic N) is 1. The first kappa shape index (κ1) is 8.20. The lowest BCUT2D eigenvalue weighted by atomic mass is 10.5. The summed E-state index contributed by atoms with van der Waals surface area (Å²) in [6.45, 7) is -0.000556. The molecule has 0 aliphatic heterocycles. The van der Waals surface area contributed by atoms with Crippen molar-refractivity contribution >= 4 is 21.9 Å². The van der Waals surface area contributed by atoms with E-state index < -0.39 is 5.97 Å². The Balaban J connectivity index is 2.79. The third-order valence-corrected chi connectivity index (χ3v) is 1.61. The fraction of sp³-hybridized carbons (Fsp3) is 0.143. The van der Waals surface area contributed by atoms with E-state index in [0.29, 0.717) is 0 Å². The van der Waals surface area contributed by atoms with Gasteiger partial charge in [-0.05, 0) is 22.0 Å². The zero-order chi connectivity index (χ0) is 8.27. The fourth-order valence-corrected chi connectivity index (χ4v) is 1.16. The lowest BCUT2D eigenvalue weighted by molar-refractivity contribution is -0.686. The van der Waals surface area contributed by atoms with Crippen LogP contribution in [0.3, 0.4) is 0 Å². The highest BCUT2D eigenvalue weighted by Gasteiger charge is 2.05. The molecule has 11 heavy (non-hydrogen) atoms. The van der Waals surface area contributed by atoms with Gasteiger partial charge in [-0.3, -0.25) is 0 Å². The van der Waals surface area contributed by atoms with Gasteiger partial charge >= 0.3 is 5.97 Å². The van der Waals surface area contributed by atoms with E-state index in [2.05, 4.69) is 15.9 Å². The van der Waals surface area contributed by atoms with Crippen LogP contribution in [0.4, 0.5) is 0 Å². The number of hydrogen-bond acceptors (Lipinski definition) is 1. The molecule has 0 amide bonds. The van der Waals surface area contributed by atoms with Crippen molar-refractivity contribution < 1.29 is 14.5 Å². The van der Waals surface area contributed by atoms with Gasteiger partial charge in [0, 0.05) is 6.07 Å². The number of carboxylic acid groups (broad SMARTS) is 1. The molecular formula is C7H7BrNO2+. The van der Waals surface area contributed by atoms with E-state index in [1.807, 2.05) is 6.07 Å². The zero-order valence-electron chi connectivity index (χ0n) is 5.70. The van der Waals surface area contributed by atoms with E-state index in [9.17, 15) is 4.79 Å². The summed E-state index contributed by atoms with van der Waals surface area (Å²) in [7, 11) is 0. The van der Waals surface area contributed by atoms with E-state index >= 15 is 0 Å². The van der Waals surface area contributed by atoms with E-state index in [1.54, 1.807) is 23.0 Å². The van der Waals surface area contributed by atoms with Crippen LogP contribution in [-0.2, 0) is 11.3 Å². The second-order valence-electron chi connectivity index (χ2n) is 2.09. The highest BCUT2D eigenvalue weighted by molar-refractivity contribution is 9.10. The van der Waals surface area contributed by atoms with Gasteiger partial charge in [0.15, 0.2) is 12.4 Å². The first-order valence-corrected chi connectivity index (χ1v) is 3.84. The minimum atomic E-state index is -0.840. The molecule has 0 spiro atoms. The smallest absolute Gasteiger partial charge is 0.370 e. The van der Waals surface area contributed by atoms with Gasteiger partial charge in [0.2, 0.25) is 6.54 Å². The number of pyridine rings is 1.